The van der Waals surface area contributed by atoms with Gasteiger partial charge in [0.25, 0.3) is 5.91 Å². The largest absolute Gasteiger partial charge is 0.497 e. The van der Waals surface area contributed by atoms with E-state index in [1.54, 1.807) is 43.2 Å². The van der Waals surface area contributed by atoms with E-state index in [4.69, 9.17) is 4.74 Å². The highest BCUT2D eigenvalue weighted by Crippen LogP contribution is 2.26. The molecule has 1 fully saturated rings. The van der Waals surface area contributed by atoms with Gasteiger partial charge < -0.3 is 14.7 Å². The van der Waals surface area contributed by atoms with Crippen LogP contribution in [0.1, 0.15) is 31.7 Å². The molecule has 1 atom stereocenters. The molecular formula is C15H21NO3. The number of nitrogens with zero attached hydrogens (tertiary/aromatic N) is 1. The molecule has 4 heteroatoms. The van der Waals surface area contributed by atoms with Crippen LogP contribution in [0, 0.1) is 0 Å². The van der Waals surface area contributed by atoms with Crippen molar-refractivity contribution in [2.75, 3.05) is 20.2 Å². The highest BCUT2D eigenvalue weighted by atomic mass is 16.5. The molecule has 1 aliphatic rings. The van der Waals surface area contributed by atoms with E-state index < -0.39 is 5.60 Å². The Hall–Kier alpha value is -1.55. The zero-order valence-electron chi connectivity index (χ0n) is 11.6. The highest BCUT2D eigenvalue weighted by molar-refractivity contribution is 5.86. The molecule has 0 bridgehead atoms. The molecule has 1 heterocycles. The van der Waals surface area contributed by atoms with Gasteiger partial charge in [-0.05, 0) is 43.9 Å². The first-order valence-corrected chi connectivity index (χ1v) is 6.72. The molecule has 0 radical (unpaired) electrons. The number of likely N-dealkylation sites (tertiary alicyclic amines) is 1. The summed E-state index contributed by atoms with van der Waals surface area (Å²) in [5.41, 5.74) is -0.868. The van der Waals surface area contributed by atoms with Crippen molar-refractivity contribution < 1.29 is 14.6 Å². The molecule has 104 valence electrons. The maximum atomic E-state index is 12.4. The van der Waals surface area contributed by atoms with Crippen LogP contribution >= 0.6 is 0 Å². The van der Waals surface area contributed by atoms with Gasteiger partial charge in [-0.1, -0.05) is 12.1 Å². The Morgan fingerprint density at radius 3 is 2.32 bits per heavy atom. The van der Waals surface area contributed by atoms with Crippen LogP contribution in [-0.4, -0.2) is 36.1 Å². The Balaban J connectivity index is 2.17. The van der Waals surface area contributed by atoms with E-state index in [0.717, 1.165) is 32.4 Å². The molecule has 0 saturated carbocycles. The quantitative estimate of drug-likeness (QED) is 0.906. The second kappa shape index (κ2) is 5.61. The number of carbonyl (C=O) groups excluding carboxylic acids is 1. The third kappa shape index (κ3) is 2.89. The average molecular weight is 263 g/mol. The Morgan fingerprint density at radius 2 is 1.79 bits per heavy atom. The maximum absolute atomic E-state index is 12.4. The fourth-order valence-corrected chi connectivity index (χ4v) is 2.44. The van der Waals surface area contributed by atoms with Crippen LogP contribution < -0.4 is 4.74 Å². The number of carbonyl (C=O) groups is 1. The van der Waals surface area contributed by atoms with Crippen molar-refractivity contribution in [3.05, 3.63) is 29.8 Å². The molecule has 4 nitrogen and oxygen atoms in total. The van der Waals surface area contributed by atoms with Gasteiger partial charge in [-0.25, -0.2) is 0 Å². The number of methoxy groups -OCH3 is 1. The number of amides is 1. The van der Waals surface area contributed by atoms with Gasteiger partial charge in [0.15, 0.2) is 5.60 Å². The SMILES string of the molecule is COc1ccc(C(C)(O)C(=O)N2CCCCC2)cc1. The third-order valence-corrected chi connectivity index (χ3v) is 3.71. The summed E-state index contributed by atoms with van der Waals surface area (Å²) < 4.78 is 5.08. The van der Waals surface area contributed by atoms with Gasteiger partial charge in [-0.3, -0.25) is 4.79 Å². The lowest BCUT2D eigenvalue weighted by atomic mass is 9.93. The van der Waals surface area contributed by atoms with E-state index in [0.29, 0.717) is 11.3 Å². The minimum absolute atomic E-state index is 0.211. The van der Waals surface area contributed by atoms with Gasteiger partial charge in [0.05, 0.1) is 7.11 Å². The standard InChI is InChI=1S/C15H21NO3/c1-15(18,12-6-8-13(19-2)9-7-12)14(17)16-10-4-3-5-11-16/h6-9,18H,3-5,10-11H2,1-2H3. The van der Waals surface area contributed by atoms with E-state index in [9.17, 15) is 9.90 Å². The van der Waals surface area contributed by atoms with Crippen LogP contribution in [0.3, 0.4) is 0 Å². The first-order valence-electron chi connectivity index (χ1n) is 6.72. The summed E-state index contributed by atoms with van der Waals surface area (Å²) in [5.74, 6) is 0.502. The summed E-state index contributed by atoms with van der Waals surface area (Å²) in [5, 5.41) is 10.5. The number of hydrogen-bond acceptors (Lipinski definition) is 3. The number of ether oxygens (including phenoxy) is 1. The van der Waals surface area contributed by atoms with Gasteiger partial charge in [0.1, 0.15) is 5.75 Å². The summed E-state index contributed by atoms with van der Waals surface area (Å²) in [6.45, 7) is 3.04. The van der Waals surface area contributed by atoms with E-state index >= 15 is 0 Å². The van der Waals surface area contributed by atoms with Crippen LogP contribution in [0.15, 0.2) is 24.3 Å². The number of hydrogen-bond donors (Lipinski definition) is 1. The van der Waals surface area contributed by atoms with Gasteiger partial charge in [-0.15, -0.1) is 0 Å². The molecule has 1 unspecified atom stereocenters. The molecule has 1 aromatic carbocycles. The predicted molar refractivity (Wildman–Crippen MR) is 73.0 cm³/mol. The molecule has 1 aliphatic heterocycles. The van der Waals surface area contributed by atoms with Gasteiger partial charge >= 0.3 is 0 Å². The summed E-state index contributed by atoms with van der Waals surface area (Å²) >= 11 is 0. The topological polar surface area (TPSA) is 49.8 Å². The van der Waals surface area contributed by atoms with Crippen molar-refractivity contribution in [1.82, 2.24) is 4.90 Å². The Labute approximate surface area is 114 Å². The second-order valence-corrected chi connectivity index (χ2v) is 5.15. The smallest absolute Gasteiger partial charge is 0.258 e. The minimum Gasteiger partial charge on any atom is -0.497 e. The third-order valence-electron chi connectivity index (χ3n) is 3.71. The molecule has 0 spiro atoms. The number of aliphatic hydroxyl groups is 1. The number of piperidine rings is 1. The summed E-state index contributed by atoms with van der Waals surface area (Å²) in [6, 6.07) is 6.99. The fourth-order valence-electron chi connectivity index (χ4n) is 2.44. The Bertz CT molecular complexity index is 433. The Morgan fingerprint density at radius 1 is 1.21 bits per heavy atom. The van der Waals surface area contributed by atoms with Crippen molar-refractivity contribution in [2.45, 2.75) is 31.8 Å². The van der Waals surface area contributed by atoms with Crippen molar-refractivity contribution in [2.24, 2.45) is 0 Å². The monoisotopic (exact) mass is 263 g/mol. The van der Waals surface area contributed by atoms with Crippen molar-refractivity contribution in [1.29, 1.82) is 0 Å². The first-order chi connectivity index (χ1) is 9.05. The van der Waals surface area contributed by atoms with E-state index in [1.807, 2.05) is 0 Å². The molecule has 0 aliphatic carbocycles. The van der Waals surface area contributed by atoms with Gasteiger partial charge in [0, 0.05) is 13.1 Å². The van der Waals surface area contributed by atoms with E-state index in [-0.39, 0.29) is 5.91 Å². The first kappa shape index (κ1) is 13.9. The lowest BCUT2D eigenvalue weighted by Gasteiger charge is -2.33. The molecule has 1 saturated heterocycles. The predicted octanol–water partition coefficient (Wildman–Crippen LogP) is 1.92. The second-order valence-electron chi connectivity index (χ2n) is 5.15. The van der Waals surface area contributed by atoms with Crippen LogP contribution in [0.4, 0.5) is 0 Å². The van der Waals surface area contributed by atoms with Gasteiger partial charge in [-0.2, -0.15) is 0 Å². The highest BCUT2D eigenvalue weighted by Gasteiger charge is 2.36. The van der Waals surface area contributed by atoms with Crippen LogP contribution in [0.2, 0.25) is 0 Å². The fraction of sp³-hybridized carbons (Fsp3) is 0.533. The zero-order chi connectivity index (χ0) is 13.9. The van der Waals surface area contributed by atoms with E-state index in [1.165, 1.54) is 0 Å². The normalized spacial score (nSPS) is 18.8. The molecule has 1 N–H and O–H groups in total. The van der Waals surface area contributed by atoms with Gasteiger partial charge in [0.2, 0.25) is 0 Å². The average Bonchev–Trinajstić information content (AvgIpc) is 2.47. The molecule has 2 rings (SSSR count). The summed E-state index contributed by atoms with van der Waals surface area (Å²) in [4.78, 5) is 14.2. The zero-order valence-corrected chi connectivity index (χ0v) is 11.6. The van der Waals surface area contributed by atoms with Crippen molar-refractivity contribution in [3.8, 4) is 5.75 Å². The van der Waals surface area contributed by atoms with Crippen molar-refractivity contribution >= 4 is 5.91 Å². The van der Waals surface area contributed by atoms with Crippen LogP contribution in [0.5, 0.6) is 5.75 Å². The number of rotatable bonds is 3. The van der Waals surface area contributed by atoms with Crippen LogP contribution in [0.25, 0.3) is 0 Å². The van der Waals surface area contributed by atoms with E-state index in [2.05, 4.69) is 0 Å². The maximum Gasteiger partial charge on any atom is 0.258 e. The summed E-state index contributed by atoms with van der Waals surface area (Å²) in [6.07, 6.45) is 3.20. The molecule has 1 aromatic rings. The molecular weight excluding hydrogens is 242 g/mol. The molecule has 0 aromatic heterocycles. The van der Waals surface area contributed by atoms with Crippen molar-refractivity contribution in [3.63, 3.8) is 0 Å². The summed E-state index contributed by atoms with van der Waals surface area (Å²) in [7, 11) is 1.59. The number of benzene rings is 1. The molecule has 19 heavy (non-hydrogen) atoms. The van der Waals surface area contributed by atoms with Crippen LogP contribution in [-0.2, 0) is 10.4 Å². The Kier molecular flexibility index (Phi) is 4.10. The lowest BCUT2D eigenvalue weighted by Crippen LogP contribution is -2.47. The minimum atomic E-state index is -1.47. The lowest BCUT2D eigenvalue weighted by molar-refractivity contribution is -0.151. The molecule has 1 amide bonds.